The first-order valence-corrected chi connectivity index (χ1v) is 5.73. The van der Waals surface area contributed by atoms with Crippen LogP contribution in [0.1, 0.15) is 11.3 Å². The SMILES string of the molecule is N#Cc1ccccc1OCCn1ccc(C(F)(F)F)n1. The number of nitriles is 1. The van der Waals surface area contributed by atoms with Gasteiger partial charge in [-0.2, -0.15) is 23.5 Å². The largest absolute Gasteiger partial charge is 0.490 e. The summed E-state index contributed by atoms with van der Waals surface area (Å²) in [7, 11) is 0. The first-order valence-electron chi connectivity index (χ1n) is 5.73. The molecule has 0 saturated heterocycles. The molecule has 0 aliphatic carbocycles. The lowest BCUT2D eigenvalue weighted by Gasteiger charge is -2.07. The molecular weight excluding hydrogens is 271 g/mol. The van der Waals surface area contributed by atoms with Crippen molar-refractivity contribution in [3.05, 3.63) is 47.8 Å². The number of ether oxygens (including phenoxy) is 1. The molecule has 0 atom stereocenters. The summed E-state index contributed by atoms with van der Waals surface area (Å²) in [5.74, 6) is 0.401. The van der Waals surface area contributed by atoms with E-state index >= 15 is 0 Å². The molecule has 7 heteroatoms. The second kappa shape index (κ2) is 5.65. The molecule has 0 aliphatic rings. The van der Waals surface area contributed by atoms with Crippen molar-refractivity contribution in [3.8, 4) is 11.8 Å². The van der Waals surface area contributed by atoms with Crippen LogP contribution >= 0.6 is 0 Å². The Hall–Kier alpha value is -2.49. The highest BCUT2D eigenvalue weighted by molar-refractivity contribution is 5.42. The molecule has 20 heavy (non-hydrogen) atoms. The maximum Gasteiger partial charge on any atom is 0.435 e. The van der Waals surface area contributed by atoms with Crippen LogP contribution in [0, 0.1) is 11.3 Å². The van der Waals surface area contributed by atoms with Crippen LogP contribution < -0.4 is 4.74 Å². The Balaban J connectivity index is 1.94. The number of aromatic nitrogens is 2. The zero-order valence-electron chi connectivity index (χ0n) is 10.3. The van der Waals surface area contributed by atoms with Crippen LogP contribution in [0.25, 0.3) is 0 Å². The summed E-state index contributed by atoms with van der Waals surface area (Å²) in [4.78, 5) is 0. The minimum Gasteiger partial charge on any atom is -0.490 e. The van der Waals surface area contributed by atoms with Gasteiger partial charge in [0.05, 0.1) is 12.1 Å². The monoisotopic (exact) mass is 281 g/mol. The highest BCUT2D eigenvalue weighted by Gasteiger charge is 2.33. The van der Waals surface area contributed by atoms with Gasteiger partial charge in [-0.15, -0.1) is 0 Å². The van der Waals surface area contributed by atoms with Crippen molar-refractivity contribution in [3.63, 3.8) is 0 Å². The Morgan fingerprint density at radius 1 is 1.25 bits per heavy atom. The van der Waals surface area contributed by atoms with E-state index in [1.165, 1.54) is 6.20 Å². The molecule has 2 aromatic rings. The Bertz CT molecular complexity index is 628. The number of hydrogen-bond acceptors (Lipinski definition) is 3. The average molecular weight is 281 g/mol. The van der Waals surface area contributed by atoms with E-state index in [4.69, 9.17) is 10.00 Å². The van der Waals surface area contributed by atoms with Crippen molar-refractivity contribution < 1.29 is 17.9 Å². The lowest BCUT2D eigenvalue weighted by atomic mass is 10.2. The Morgan fingerprint density at radius 3 is 2.65 bits per heavy atom. The topological polar surface area (TPSA) is 50.8 Å². The number of alkyl halides is 3. The zero-order chi connectivity index (χ0) is 14.6. The lowest BCUT2D eigenvalue weighted by molar-refractivity contribution is -0.141. The van der Waals surface area contributed by atoms with Gasteiger partial charge >= 0.3 is 6.18 Å². The first-order chi connectivity index (χ1) is 9.50. The molecule has 1 aromatic heterocycles. The second-order valence-corrected chi connectivity index (χ2v) is 3.92. The molecule has 1 aromatic carbocycles. The van der Waals surface area contributed by atoms with Gasteiger partial charge in [-0.25, -0.2) is 0 Å². The molecule has 4 nitrogen and oxygen atoms in total. The maximum atomic E-state index is 12.3. The van der Waals surface area contributed by atoms with E-state index < -0.39 is 11.9 Å². The van der Waals surface area contributed by atoms with Crippen molar-refractivity contribution in [1.29, 1.82) is 5.26 Å². The fourth-order valence-corrected chi connectivity index (χ4v) is 1.57. The first kappa shape index (κ1) is 13.9. The quantitative estimate of drug-likeness (QED) is 0.865. The van der Waals surface area contributed by atoms with Crippen LogP contribution in [0.2, 0.25) is 0 Å². The highest BCUT2D eigenvalue weighted by atomic mass is 19.4. The summed E-state index contributed by atoms with van der Waals surface area (Å²) in [5.41, 5.74) is -0.557. The van der Waals surface area contributed by atoms with Gasteiger partial charge < -0.3 is 4.74 Å². The third kappa shape index (κ3) is 3.29. The van der Waals surface area contributed by atoms with E-state index in [1.54, 1.807) is 24.3 Å². The third-order valence-corrected chi connectivity index (χ3v) is 2.52. The Labute approximate surface area is 113 Å². The van der Waals surface area contributed by atoms with Crippen molar-refractivity contribution in [2.75, 3.05) is 6.61 Å². The third-order valence-electron chi connectivity index (χ3n) is 2.52. The van der Waals surface area contributed by atoms with Crippen LogP contribution in [-0.2, 0) is 12.7 Å². The fourth-order valence-electron chi connectivity index (χ4n) is 1.57. The average Bonchev–Trinajstić information content (AvgIpc) is 2.88. The van der Waals surface area contributed by atoms with Crippen molar-refractivity contribution in [1.82, 2.24) is 9.78 Å². The van der Waals surface area contributed by atoms with Crippen molar-refractivity contribution >= 4 is 0 Å². The standard InChI is InChI=1S/C13H10F3N3O/c14-13(15,16)12-5-6-19(18-12)7-8-20-11-4-2-1-3-10(11)9-17/h1-6H,7-8H2. The molecule has 0 radical (unpaired) electrons. The summed E-state index contributed by atoms with van der Waals surface area (Å²) < 4.78 is 43.5. The number of halogens is 3. The molecule has 0 unspecified atom stereocenters. The molecule has 0 aliphatic heterocycles. The van der Waals surface area contributed by atoms with E-state index in [1.807, 2.05) is 6.07 Å². The summed E-state index contributed by atoms with van der Waals surface area (Å²) in [6.45, 7) is 0.285. The van der Waals surface area contributed by atoms with Crippen LogP contribution in [0.5, 0.6) is 5.75 Å². The lowest BCUT2D eigenvalue weighted by Crippen LogP contribution is -2.12. The van der Waals surface area contributed by atoms with E-state index in [-0.39, 0.29) is 13.2 Å². The van der Waals surface area contributed by atoms with Gasteiger partial charge in [0.1, 0.15) is 18.4 Å². The number of para-hydroxylation sites is 1. The zero-order valence-corrected chi connectivity index (χ0v) is 10.3. The number of nitrogens with zero attached hydrogens (tertiary/aromatic N) is 3. The summed E-state index contributed by atoms with van der Waals surface area (Å²) in [6, 6.07) is 9.53. The smallest absolute Gasteiger partial charge is 0.435 e. The minimum atomic E-state index is -4.44. The Kier molecular flexibility index (Phi) is 3.94. The molecule has 0 bridgehead atoms. The van der Waals surface area contributed by atoms with Gasteiger partial charge in [-0.3, -0.25) is 4.68 Å². The van der Waals surface area contributed by atoms with Crippen molar-refractivity contribution in [2.24, 2.45) is 0 Å². The number of benzene rings is 1. The molecule has 1 heterocycles. The van der Waals surface area contributed by atoms with Gasteiger partial charge in [0.25, 0.3) is 0 Å². The molecule has 0 saturated carbocycles. The molecule has 2 rings (SSSR count). The normalized spacial score (nSPS) is 11.1. The molecule has 104 valence electrons. The number of hydrogen-bond donors (Lipinski definition) is 0. The van der Waals surface area contributed by atoms with Crippen molar-refractivity contribution in [2.45, 2.75) is 12.7 Å². The molecule has 0 fully saturated rings. The van der Waals surface area contributed by atoms with Gasteiger partial charge in [-0.05, 0) is 18.2 Å². The van der Waals surface area contributed by atoms with E-state index in [0.717, 1.165) is 10.7 Å². The molecule has 0 N–H and O–H groups in total. The predicted molar refractivity (Wildman–Crippen MR) is 63.9 cm³/mol. The van der Waals surface area contributed by atoms with E-state index in [9.17, 15) is 13.2 Å². The van der Waals surface area contributed by atoms with Crippen LogP contribution in [0.3, 0.4) is 0 Å². The fraction of sp³-hybridized carbons (Fsp3) is 0.231. The minimum absolute atomic E-state index is 0.123. The van der Waals surface area contributed by atoms with E-state index in [2.05, 4.69) is 5.10 Å². The van der Waals surface area contributed by atoms with Gasteiger partial charge in [0.15, 0.2) is 5.69 Å². The Morgan fingerprint density at radius 2 is 2.00 bits per heavy atom. The van der Waals surface area contributed by atoms with Gasteiger partial charge in [0, 0.05) is 6.20 Å². The van der Waals surface area contributed by atoms with Crippen LogP contribution in [-0.4, -0.2) is 16.4 Å². The van der Waals surface area contributed by atoms with Crippen LogP contribution in [0.4, 0.5) is 13.2 Å². The van der Waals surface area contributed by atoms with E-state index in [0.29, 0.717) is 11.3 Å². The van der Waals surface area contributed by atoms with Gasteiger partial charge in [-0.1, -0.05) is 12.1 Å². The highest BCUT2D eigenvalue weighted by Crippen LogP contribution is 2.27. The van der Waals surface area contributed by atoms with Gasteiger partial charge in [0.2, 0.25) is 0 Å². The van der Waals surface area contributed by atoms with Crippen LogP contribution in [0.15, 0.2) is 36.5 Å². The summed E-state index contributed by atoms with van der Waals surface area (Å²) in [5, 5.41) is 12.3. The number of rotatable bonds is 4. The molecular formula is C13H10F3N3O. The summed E-state index contributed by atoms with van der Waals surface area (Å²) in [6.07, 6.45) is -3.21. The maximum absolute atomic E-state index is 12.3. The second-order valence-electron chi connectivity index (χ2n) is 3.92. The predicted octanol–water partition coefficient (Wildman–Crippen LogP) is 2.85. The summed E-state index contributed by atoms with van der Waals surface area (Å²) >= 11 is 0. The molecule has 0 amide bonds. The molecule has 0 spiro atoms.